The number of alkyl halides is 1. The van der Waals surface area contributed by atoms with E-state index >= 15 is 0 Å². The molecule has 122 valence electrons. The van der Waals surface area contributed by atoms with Crippen LogP contribution in [0.5, 0.6) is 0 Å². The molecule has 2 atom stereocenters. The van der Waals surface area contributed by atoms with Crippen molar-refractivity contribution in [3.05, 3.63) is 17.5 Å². The van der Waals surface area contributed by atoms with Crippen LogP contribution in [0.1, 0.15) is 50.1 Å². The van der Waals surface area contributed by atoms with Gasteiger partial charge in [0.15, 0.2) is 0 Å². The average molecular weight is 372 g/mol. The zero-order valence-corrected chi connectivity index (χ0v) is 14.5. The smallest absolute Gasteiger partial charge is 0.407 e. The van der Waals surface area contributed by atoms with Gasteiger partial charge in [-0.25, -0.2) is 4.79 Å². The largest absolute Gasteiger partial charge is 0.465 e. The predicted molar refractivity (Wildman–Crippen MR) is 85.3 cm³/mol. The molecule has 2 aliphatic rings. The number of rotatable bonds is 1. The maximum Gasteiger partial charge on any atom is 0.407 e. The number of carbonyl (C=O) groups is 1. The molecule has 1 aliphatic carbocycles. The summed E-state index contributed by atoms with van der Waals surface area (Å²) in [6.07, 6.45) is 2.77. The summed E-state index contributed by atoms with van der Waals surface area (Å²) in [5.41, 5.74) is 1.91. The Morgan fingerprint density at radius 3 is 2.64 bits per heavy atom. The fourth-order valence-corrected chi connectivity index (χ4v) is 4.70. The molecule has 2 heterocycles. The molecule has 0 saturated carbocycles. The summed E-state index contributed by atoms with van der Waals surface area (Å²) < 4.78 is 1.90. The predicted octanol–water partition coefficient (Wildman–Crippen LogP) is 2.58. The van der Waals surface area contributed by atoms with Crippen LogP contribution in [-0.2, 0) is 6.42 Å². The van der Waals surface area contributed by atoms with Gasteiger partial charge in [0.1, 0.15) is 6.10 Å². The Labute approximate surface area is 138 Å². The lowest BCUT2D eigenvalue weighted by Gasteiger charge is -2.48. The molecular formula is C15H22BrN3O3. The zero-order chi connectivity index (χ0) is 16.1. The highest BCUT2D eigenvalue weighted by Crippen LogP contribution is 2.51. The Morgan fingerprint density at radius 1 is 1.45 bits per heavy atom. The number of hydrogen-bond acceptors (Lipinski definition) is 3. The van der Waals surface area contributed by atoms with Gasteiger partial charge in [-0.15, -0.1) is 0 Å². The Bertz CT molecular complexity index is 579. The number of fused-ring (bicyclic) bond motifs is 1. The van der Waals surface area contributed by atoms with Crippen LogP contribution in [0.2, 0.25) is 0 Å². The van der Waals surface area contributed by atoms with Crippen molar-refractivity contribution in [3.63, 3.8) is 0 Å². The topological polar surface area (TPSA) is 78.6 Å². The van der Waals surface area contributed by atoms with Gasteiger partial charge in [0, 0.05) is 19.1 Å². The number of halogens is 1. The van der Waals surface area contributed by atoms with Gasteiger partial charge in [-0.2, -0.15) is 5.10 Å². The second kappa shape index (κ2) is 5.53. The van der Waals surface area contributed by atoms with E-state index in [4.69, 9.17) is 5.11 Å². The third kappa shape index (κ3) is 2.34. The molecule has 1 spiro atoms. The molecule has 1 amide bonds. The van der Waals surface area contributed by atoms with Crippen LogP contribution >= 0.6 is 15.9 Å². The van der Waals surface area contributed by atoms with Crippen LogP contribution in [0.25, 0.3) is 0 Å². The van der Waals surface area contributed by atoms with Gasteiger partial charge in [0.25, 0.3) is 0 Å². The summed E-state index contributed by atoms with van der Waals surface area (Å²) >= 11 is 3.71. The molecule has 0 bridgehead atoms. The summed E-state index contributed by atoms with van der Waals surface area (Å²) in [5, 5.41) is 24.4. The van der Waals surface area contributed by atoms with Crippen LogP contribution in [0.4, 0.5) is 4.79 Å². The Kier molecular flexibility index (Phi) is 3.97. The molecule has 1 aromatic rings. The van der Waals surface area contributed by atoms with E-state index < -0.39 is 12.2 Å². The Morgan fingerprint density at radius 2 is 2.09 bits per heavy atom. The fraction of sp³-hybridized carbons (Fsp3) is 0.733. The first kappa shape index (κ1) is 15.8. The molecule has 2 unspecified atom stereocenters. The van der Waals surface area contributed by atoms with Gasteiger partial charge < -0.3 is 15.1 Å². The maximum atomic E-state index is 11.1. The SMILES string of the molecule is CC(C)n1ncc2c1C(O)C(Br)C1(CCN(C(=O)O)CC1)C2. The maximum absolute atomic E-state index is 11.1. The molecule has 1 saturated heterocycles. The van der Waals surface area contributed by atoms with Gasteiger partial charge in [0.2, 0.25) is 0 Å². The highest BCUT2D eigenvalue weighted by atomic mass is 79.9. The molecular weight excluding hydrogens is 350 g/mol. The number of aliphatic hydroxyl groups excluding tert-OH is 1. The van der Waals surface area contributed by atoms with E-state index in [9.17, 15) is 9.90 Å². The van der Waals surface area contributed by atoms with Crippen molar-refractivity contribution in [1.82, 2.24) is 14.7 Å². The summed E-state index contributed by atoms with van der Waals surface area (Å²) in [5.74, 6) is 0. The third-order valence-corrected chi connectivity index (χ3v) is 6.59. The highest BCUT2D eigenvalue weighted by molar-refractivity contribution is 9.09. The number of carboxylic acid groups (broad SMARTS) is 1. The van der Waals surface area contributed by atoms with Gasteiger partial charge in [-0.1, -0.05) is 15.9 Å². The van der Waals surface area contributed by atoms with E-state index in [0.717, 1.165) is 30.5 Å². The molecule has 7 heteroatoms. The molecule has 1 fully saturated rings. The Hall–Kier alpha value is -1.08. The monoisotopic (exact) mass is 371 g/mol. The van der Waals surface area contributed by atoms with Crippen molar-refractivity contribution in [3.8, 4) is 0 Å². The van der Waals surface area contributed by atoms with Crippen LogP contribution in [0, 0.1) is 5.41 Å². The van der Waals surface area contributed by atoms with Crippen molar-refractivity contribution in [2.24, 2.45) is 5.41 Å². The normalized spacial score (nSPS) is 27.2. The lowest BCUT2D eigenvalue weighted by molar-refractivity contribution is 0.0364. The van der Waals surface area contributed by atoms with E-state index in [1.807, 2.05) is 10.9 Å². The second-order valence-electron chi connectivity index (χ2n) is 6.75. The average Bonchev–Trinajstić information content (AvgIpc) is 2.89. The van der Waals surface area contributed by atoms with Crippen molar-refractivity contribution in [2.75, 3.05) is 13.1 Å². The lowest BCUT2D eigenvalue weighted by atomic mass is 9.66. The number of aliphatic hydroxyl groups is 1. The van der Waals surface area contributed by atoms with Crippen LogP contribution in [0.3, 0.4) is 0 Å². The lowest BCUT2D eigenvalue weighted by Crippen LogP contribution is -2.50. The highest BCUT2D eigenvalue weighted by Gasteiger charge is 2.49. The first-order chi connectivity index (χ1) is 10.4. The van der Waals surface area contributed by atoms with Crippen LogP contribution in [0.15, 0.2) is 6.20 Å². The van der Waals surface area contributed by atoms with Gasteiger partial charge >= 0.3 is 6.09 Å². The summed E-state index contributed by atoms with van der Waals surface area (Å²) in [7, 11) is 0. The molecule has 0 aromatic carbocycles. The molecule has 1 aromatic heterocycles. The molecule has 1 aliphatic heterocycles. The minimum Gasteiger partial charge on any atom is -0.465 e. The minimum absolute atomic E-state index is 0.0716. The molecule has 0 radical (unpaired) electrons. The summed E-state index contributed by atoms with van der Waals surface area (Å²) in [6.45, 7) is 5.16. The first-order valence-corrected chi connectivity index (χ1v) is 8.63. The number of nitrogens with zero attached hydrogens (tertiary/aromatic N) is 3. The van der Waals surface area contributed by atoms with Crippen molar-refractivity contribution < 1.29 is 15.0 Å². The molecule has 22 heavy (non-hydrogen) atoms. The van der Waals surface area contributed by atoms with Gasteiger partial charge in [0.05, 0.1) is 16.7 Å². The molecule has 3 rings (SSSR count). The van der Waals surface area contributed by atoms with Crippen molar-refractivity contribution >= 4 is 22.0 Å². The Balaban J connectivity index is 1.89. The minimum atomic E-state index is -0.856. The fourth-order valence-electron chi connectivity index (χ4n) is 3.83. The first-order valence-electron chi connectivity index (χ1n) is 7.72. The van der Waals surface area contributed by atoms with Gasteiger partial charge in [-0.05, 0) is 44.1 Å². The molecule has 2 N–H and O–H groups in total. The van der Waals surface area contributed by atoms with E-state index in [0.29, 0.717) is 13.1 Å². The number of amides is 1. The summed E-state index contributed by atoms with van der Waals surface area (Å²) in [4.78, 5) is 12.5. The number of hydrogen-bond donors (Lipinski definition) is 2. The van der Waals surface area contributed by atoms with Crippen molar-refractivity contribution in [1.29, 1.82) is 0 Å². The quantitative estimate of drug-likeness (QED) is 0.743. The summed E-state index contributed by atoms with van der Waals surface area (Å²) in [6, 6.07) is 0.209. The zero-order valence-electron chi connectivity index (χ0n) is 12.9. The van der Waals surface area contributed by atoms with Crippen molar-refractivity contribution in [2.45, 2.75) is 50.1 Å². The number of aromatic nitrogens is 2. The van der Waals surface area contributed by atoms with E-state index in [1.165, 1.54) is 4.90 Å². The number of piperidine rings is 1. The molecule has 6 nitrogen and oxygen atoms in total. The standard InChI is InChI=1S/C15H22BrN3O3/c1-9(2)19-11-10(8-17-19)7-15(13(16)12(11)20)3-5-18(6-4-15)14(21)22/h8-9,12-13,20H,3-7H2,1-2H3,(H,21,22). The third-order valence-electron chi connectivity index (χ3n) is 5.12. The van der Waals surface area contributed by atoms with E-state index in [2.05, 4.69) is 34.9 Å². The second-order valence-corrected chi connectivity index (χ2v) is 7.74. The van der Waals surface area contributed by atoms with E-state index in [1.54, 1.807) is 0 Å². The number of likely N-dealkylation sites (tertiary alicyclic amines) is 1. The van der Waals surface area contributed by atoms with Crippen LogP contribution < -0.4 is 0 Å². The van der Waals surface area contributed by atoms with E-state index in [-0.39, 0.29) is 16.3 Å². The van der Waals surface area contributed by atoms with Crippen LogP contribution in [-0.4, -0.2) is 48.9 Å². The van der Waals surface area contributed by atoms with Gasteiger partial charge in [-0.3, -0.25) is 4.68 Å².